The van der Waals surface area contributed by atoms with Gasteiger partial charge in [0.15, 0.2) is 0 Å². The molecule has 0 aliphatic carbocycles. The molecular formula is C46H90O12. The largest absolute Gasteiger partial charge is 0.463 e. The second kappa shape index (κ2) is 51.8. The Kier molecular flexibility index (Phi) is 50.5. The van der Waals surface area contributed by atoms with Gasteiger partial charge in [-0.05, 0) is 12.8 Å². The lowest BCUT2D eigenvalue weighted by atomic mass is 10.0. The van der Waals surface area contributed by atoms with Crippen molar-refractivity contribution in [2.24, 2.45) is 0 Å². The zero-order valence-corrected chi connectivity index (χ0v) is 37.6. The molecule has 58 heavy (non-hydrogen) atoms. The van der Waals surface area contributed by atoms with E-state index in [0.717, 1.165) is 25.7 Å². The number of ether oxygens (including phenoxy) is 10. The highest BCUT2D eigenvalue weighted by molar-refractivity contribution is 5.69. The molecule has 0 rings (SSSR count). The lowest BCUT2D eigenvalue weighted by molar-refractivity contribution is -0.146. The Labute approximate surface area is 355 Å². The van der Waals surface area contributed by atoms with Crippen LogP contribution in [0.1, 0.15) is 168 Å². The smallest absolute Gasteiger partial charge is 0.305 e. The first-order chi connectivity index (χ1) is 28.7. The first kappa shape index (κ1) is 56.6. The molecule has 0 bridgehead atoms. The zero-order chi connectivity index (χ0) is 41.9. The first-order valence-electron chi connectivity index (χ1n) is 23.6. The van der Waals surface area contributed by atoms with Crippen LogP contribution in [0.15, 0.2) is 0 Å². The fourth-order valence-corrected chi connectivity index (χ4v) is 6.08. The Morgan fingerprint density at radius 1 is 0.241 bits per heavy atom. The molecule has 0 atom stereocenters. The summed E-state index contributed by atoms with van der Waals surface area (Å²) in [5.41, 5.74) is 0. The monoisotopic (exact) mass is 835 g/mol. The second-order valence-corrected chi connectivity index (χ2v) is 14.9. The molecule has 0 radical (unpaired) electrons. The Balaban J connectivity index is 3.16. The minimum Gasteiger partial charge on any atom is -0.463 e. The first-order valence-corrected chi connectivity index (χ1v) is 23.6. The summed E-state index contributed by atoms with van der Waals surface area (Å²) in [7, 11) is 0. The van der Waals surface area contributed by atoms with Crippen LogP contribution in [-0.2, 0) is 57.0 Å². The van der Waals surface area contributed by atoms with Crippen molar-refractivity contribution in [3.63, 3.8) is 0 Å². The highest BCUT2D eigenvalue weighted by Gasteiger charge is 2.04. The fourth-order valence-electron chi connectivity index (χ4n) is 6.08. The van der Waals surface area contributed by atoms with Crippen molar-refractivity contribution in [2.45, 2.75) is 168 Å². The van der Waals surface area contributed by atoms with Crippen molar-refractivity contribution in [1.29, 1.82) is 0 Å². The van der Waals surface area contributed by atoms with E-state index in [1.165, 1.54) is 116 Å². The van der Waals surface area contributed by atoms with Crippen LogP contribution in [0.5, 0.6) is 0 Å². The van der Waals surface area contributed by atoms with Gasteiger partial charge < -0.3 is 47.4 Å². The van der Waals surface area contributed by atoms with Gasteiger partial charge in [0.25, 0.3) is 0 Å². The van der Waals surface area contributed by atoms with Gasteiger partial charge in [-0.1, -0.05) is 142 Å². The maximum atomic E-state index is 11.9. The van der Waals surface area contributed by atoms with Crippen molar-refractivity contribution in [1.82, 2.24) is 0 Å². The van der Waals surface area contributed by atoms with Crippen LogP contribution in [0, 0.1) is 0 Å². The Morgan fingerprint density at radius 2 is 0.414 bits per heavy atom. The molecule has 0 saturated carbocycles. The second-order valence-electron chi connectivity index (χ2n) is 14.9. The summed E-state index contributed by atoms with van der Waals surface area (Å²) in [5.74, 6) is -0.273. The number of carbonyl (C=O) groups is 2. The van der Waals surface area contributed by atoms with Gasteiger partial charge in [0.2, 0.25) is 0 Å². The number of hydrogen-bond acceptors (Lipinski definition) is 12. The van der Waals surface area contributed by atoms with Gasteiger partial charge in [-0.2, -0.15) is 0 Å². The minimum atomic E-state index is -0.141. The molecular weight excluding hydrogens is 744 g/mol. The third-order valence-electron chi connectivity index (χ3n) is 9.55. The third kappa shape index (κ3) is 50.8. The van der Waals surface area contributed by atoms with E-state index in [2.05, 4.69) is 13.8 Å². The van der Waals surface area contributed by atoms with Crippen LogP contribution in [-0.4, -0.2) is 131 Å². The van der Waals surface area contributed by atoms with E-state index >= 15 is 0 Å². The normalized spacial score (nSPS) is 11.4. The Hall–Kier alpha value is -1.38. The van der Waals surface area contributed by atoms with E-state index in [1.807, 2.05) is 0 Å². The molecule has 12 heteroatoms. The lowest BCUT2D eigenvalue weighted by Crippen LogP contribution is -2.15. The molecule has 0 amide bonds. The standard InChI is InChI=1S/C46H90O12/c1-3-5-7-9-11-12-13-14-15-16-17-18-20-22-24-26-46(48)58-44-42-56-40-38-54-36-34-52-32-30-50-28-27-49-29-31-51-33-35-53-37-39-55-41-43-57-45(47)25-23-21-19-10-8-6-4-2/h3-44H2,1-2H3. The van der Waals surface area contributed by atoms with E-state index < -0.39 is 0 Å². The maximum Gasteiger partial charge on any atom is 0.305 e. The quantitative estimate of drug-likeness (QED) is 0.0428. The van der Waals surface area contributed by atoms with Crippen molar-refractivity contribution in [3.8, 4) is 0 Å². The molecule has 0 aliphatic rings. The van der Waals surface area contributed by atoms with Gasteiger partial charge in [-0.3, -0.25) is 9.59 Å². The molecule has 0 fully saturated rings. The van der Waals surface area contributed by atoms with E-state index in [0.29, 0.717) is 119 Å². The summed E-state index contributed by atoms with van der Waals surface area (Å²) >= 11 is 0. The van der Waals surface area contributed by atoms with E-state index in [9.17, 15) is 9.59 Å². The van der Waals surface area contributed by atoms with Crippen molar-refractivity contribution >= 4 is 11.9 Å². The molecule has 0 aromatic carbocycles. The maximum absolute atomic E-state index is 11.9. The Morgan fingerprint density at radius 3 is 0.621 bits per heavy atom. The topological polar surface area (TPSA) is 126 Å². The highest BCUT2D eigenvalue weighted by Crippen LogP contribution is 2.14. The van der Waals surface area contributed by atoms with Crippen molar-refractivity contribution in [3.05, 3.63) is 0 Å². The predicted molar refractivity (Wildman–Crippen MR) is 231 cm³/mol. The summed E-state index contributed by atoms with van der Waals surface area (Å²) in [5, 5.41) is 0. The van der Waals surface area contributed by atoms with Crippen molar-refractivity contribution < 1.29 is 57.0 Å². The van der Waals surface area contributed by atoms with Gasteiger partial charge in [0, 0.05) is 12.8 Å². The van der Waals surface area contributed by atoms with Crippen LogP contribution in [0.25, 0.3) is 0 Å². The van der Waals surface area contributed by atoms with Crippen LogP contribution < -0.4 is 0 Å². The van der Waals surface area contributed by atoms with Gasteiger partial charge in [0.1, 0.15) is 13.2 Å². The van der Waals surface area contributed by atoms with E-state index in [4.69, 9.17) is 47.4 Å². The molecule has 0 N–H and O–H groups in total. The number of esters is 2. The number of unbranched alkanes of at least 4 members (excludes halogenated alkanes) is 20. The zero-order valence-electron chi connectivity index (χ0n) is 37.6. The average Bonchev–Trinajstić information content (AvgIpc) is 3.22. The number of carbonyl (C=O) groups excluding carboxylic acids is 2. The number of rotatable bonds is 51. The van der Waals surface area contributed by atoms with E-state index in [1.54, 1.807) is 0 Å². The lowest BCUT2D eigenvalue weighted by Gasteiger charge is -2.09. The van der Waals surface area contributed by atoms with Gasteiger partial charge in [0.05, 0.1) is 106 Å². The number of hydrogen-bond donors (Lipinski definition) is 0. The summed E-state index contributed by atoms with van der Waals surface area (Å²) in [6.07, 6.45) is 29.0. The molecule has 0 aliphatic heterocycles. The van der Waals surface area contributed by atoms with Crippen LogP contribution in [0.2, 0.25) is 0 Å². The molecule has 0 spiro atoms. The van der Waals surface area contributed by atoms with Gasteiger partial charge in [-0.25, -0.2) is 0 Å². The summed E-state index contributed by atoms with van der Waals surface area (Å²) in [4.78, 5) is 23.7. The van der Waals surface area contributed by atoms with Crippen molar-refractivity contribution in [2.75, 3.05) is 119 Å². The average molecular weight is 835 g/mol. The van der Waals surface area contributed by atoms with Crippen LogP contribution in [0.3, 0.4) is 0 Å². The Bertz CT molecular complexity index is 803. The summed E-state index contributed by atoms with van der Waals surface area (Å²) < 4.78 is 54.4. The summed E-state index contributed by atoms with van der Waals surface area (Å²) in [6.45, 7) is 12.6. The molecule has 12 nitrogen and oxygen atoms in total. The highest BCUT2D eigenvalue weighted by atomic mass is 16.6. The molecule has 0 unspecified atom stereocenters. The van der Waals surface area contributed by atoms with Gasteiger partial charge >= 0.3 is 11.9 Å². The molecule has 346 valence electrons. The van der Waals surface area contributed by atoms with Crippen LogP contribution in [0.4, 0.5) is 0 Å². The predicted octanol–water partition coefficient (Wildman–Crippen LogP) is 9.61. The summed E-state index contributed by atoms with van der Waals surface area (Å²) in [6, 6.07) is 0. The molecule has 0 aromatic heterocycles. The third-order valence-corrected chi connectivity index (χ3v) is 9.55. The molecule has 0 saturated heterocycles. The minimum absolute atomic E-state index is 0.132. The van der Waals surface area contributed by atoms with Gasteiger partial charge in [-0.15, -0.1) is 0 Å². The van der Waals surface area contributed by atoms with E-state index in [-0.39, 0.29) is 25.2 Å². The fraction of sp³-hybridized carbons (Fsp3) is 0.957. The molecule has 0 heterocycles. The molecule has 0 aromatic rings. The SMILES string of the molecule is CCCCCCCCCCCCCCCCCC(=O)OCCOCCOCCOCCOCCOCCOCCOCCOCCOC(=O)CCCCCCCCC. The van der Waals surface area contributed by atoms with Crippen LogP contribution >= 0.6 is 0 Å².